The highest BCUT2D eigenvalue weighted by atomic mass is 32.2. The molecule has 0 bridgehead atoms. The van der Waals surface area contributed by atoms with E-state index in [1.165, 1.54) is 11.4 Å². The van der Waals surface area contributed by atoms with Gasteiger partial charge in [-0.25, -0.2) is 8.42 Å². The van der Waals surface area contributed by atoms with Crippen molar-refractivity contribution in [1.82, 2.24) is 24.5 Å². The minimum absolute atomic E-state index is 0.0167. The van der Waals surface area contributed by atoms with Gasteiger partial charge >= 0.3 is 0 Å². The van der Waals surface area contributed by atoms with E-state index in [-0.39, 0.29) is 10.8 Å². The van der Waals surface area contributed by atoms with Crippen LogP contribution < -0.4 is 10.1 Å². The number of fused-ring (bicyclic) bond motifs is 3. The van der Waals surface area contributed by atoms with E-state index in [0.717, 1.165) is 0 Å². The minimum atomic E-state index is -3.66. The molecule has 4 aromatic rings. The van der Waals surface area contributed by atoms with Crippen molar-refractivity contribution in [2.45, 2.75) is 4.90 Å². The number of hydrogen-bond acceptors (Lipinski definition) is 8. The van der Waals surface area contributed by atoms with Crippen molar-refractivity contribution in [2.75, 3.05) is 38.7 Å². The van der Waals surface area contributed by atoms with Crippen LogP contribution in [0.4, 0.5) is 5.95 Å². The SMILES string of the molecule is COc1cccc(C(=O)Nc2nnc3c(n2)[nH]c2ccc(S(=O)(=O)N4CCOCC4)cc23)c1. The molecule has 0 saturated carbocycles. The average Bonchev–Trinajstić information content (AvgIpc) is 3.21. The summed E-state index contributed by atoms with van der Waals surface area (Å²) in [6, 6.07) is 11.4. The summed E-state index contributed by atoms with van der Waals surface area (Å²) in [5.74, 6) is 0.156. The number of morpholine rings is 1. The first-order valence-electron chi connectivity index (χ1n) is 10.2. The van der Waals surface area contributed by atoms with Gasteiger partial charge in [0, 0.05) is 29.6 Å². The van der Waals surface area contributed by atoms with E-state index in [4.69, 9.17) is 9.47 Å². The van der Waals surface area contributed by atoms with Gasteiger partial charge in [0.15, 0.2) is 5.65 Å². The number of methoxy groups -OCH3 is 1. The zero-order valence-electron chi connectivity index (χ0n) is 17.6. The number of rotatable bonds is 5. The molecule has 0 unspecified atom stereocenters. The number of nitrogens with zero attached hydrogens (tertiary/aromatic N) is 4. The maximum Gasteiger partial charge on any atom is 0.258 e. The number of amides is 1. The van der Waals surface area contributed by atoms with Gasteiger partial charge in [-0.1, -0.05) is 6.07 Å². The van der Waals surface area contributed by atoms with Gasteiger partial charge < -0.3 is 14.5 Å². The molecule has 1 amide bonds. The Bertz CT molecular complexity index is 1460. The van der Waals surface area contributed by atoms with Crippen molar-refractivity contribution < 1.29 is 22.7 Å². The van der Waals surface area contributed by atoms with Gasteiger partial charge in [0.05, 0.1) is 25.2 Å². The number of hydrogen-bond donors (Lipinski definition) is 2. The highest BCUT2D eigenvalue weighted by molar-refractivity contribution is 7.89. The molecule has 1 aliphatic rings. The number of ether oxygens (including phenoxy) is 2. The molecule has 0 radical (unpaired) electrons. The second-order valence-corrected chi connectivity index (χ2v) is 9.31. The molecule has 1 saturated heterocycles. The van der Waals surface area contributed by atoms with Crippen LogP contribution in [-0.2, 0) is 14.8 Å². The van der Waals surface area contributed by atoms with Crippen LogP contribution >= 0.6 is 0 Å². The predicted molar refractivity (Wildman–Crippen MR) is 120 cm³/mol. The second kappa shape index (κ2) is 8.39. The van der Waals surface area contributed by atoms with Crippen LogP contribution in [0.2, 0.25) is 0 Å². The number of nitrogens with one attached hydrogen (secondary N) is 2. The Kier molecular flexibility index (Phi) is 5.40. The van der Waals surface area contributed by atoms with E-state index in [1.807, 2.05) is 0 Å². The molecular weight excluding hydrogens is 448 g/mol. The molecule has 1 fully saturated rings. The van der Waals surface area contributed by atoms with Gasteiger partial charge in [0.1, 0.15) is 11.3 Å². The van der Waals surface area contributed by atoms with Crippen LogP contribution in [0.15, 0.2) is 47.4 Å². The fourth-order valence-corrected chi connectivity index (χ4v) is 5.07. The lowest BCUT2D eigenvalue weighted by Gasteiger charge is -2.26. The van der Waals surface area contributed by atoms with Crippen molar-refractivity contribution in [3.8, 4) is 5.75 Å². The van der Waals surface area contributed by atoms with Crippen molar-refractivity contribution in [3.63, 3.8) is 0 Å². The molecule has 2 aromatic heterocycles. The minimum Gasteiger partial charge on any atom is -0.497 e. The Labute approximate surface area is 188 Å². The van der Waals surface area contributed by atoms with Crippen LogP contribution in [0.1, 0.15) is 10.4 Å². The summed E-state index contributed by atoms with van der Waals surface area (Å²) in [5.41, 5.74) is 1.82. The van der Waals surface area contributed by atoms with E-state index in [9.17, 15) is 13.2 Å². The molecule has 3 heterocycles. The quantitative estimate of drug-likeness (QED) is 0.452. The van der Waals surface area contributed by atoms with Gasteiger partial charge in [0.2, 0.25) is 10.0 Å². The van der Waals surface area contributed by atoms with E-state index in [2.05, 4.69) is 25.5 Å². The molecular formula is C21H20N6O5S. The summed E-state index contributed by atoms with van der Waals surface area (Å²) in [6.07, 6.45) is 0. The van der Waals surface area contributed by atoms with Gasteiger partial charge in [-0.3, -0.25) is 10.1 Å². The van der Waals surface area contributed by atoms with Crippen molar-refractivity contribution in [1.29, 1.82) is 0 Å². The van der Waals surface area contributed by atoms with Crippen LogP contribution in [0.3, 0.4) is 0 Å². The summed E-state index contributed by atoms with van der Waals surface area (Å²) in [6.45, 7) is 1.36. The van der Waals surface area contributed by atoms with Crippen LogP contribution in [-0.4, -0.2) is 72.2 Å². The summed E-state index contributed by atoms with van der Waals surface area (Å²) in [5, 5.41) is 11.4. The number of carbonyl (C=O) groups excluding carboxylic acids is 1. The molecule has 1 aliphatic heterocycles. The van der Waals surface area contributed by atoms with Crippen molar-refractivity contribution in [2.24, 2.45) is 0 Å². The smallest absolute Gasteiger partial charge is 0.258 e. The molecule has 0 atom stereocenters. The standard InChI is InChI=1S/C21H20N6O5S/c1-31-14-4-2-3-13(11-14)20(28)24-21-23-19-18(25-26-21)16-12-15(5-6-17(16)22-19)33(29,30)27-7-9-32-10-8-27/h2-6,11-12H,7-10H2,1H3,(H2,22,23,24,26,28). The second-order valence-electron chi connectivity index (χ2n) is 7.37. The summed E-state index contributed by atoms with van der Waals surface area (Å²) >= 11 is 0. The monoisotopic (exact) mass is 468 g/mol. The summed E-state index contributed by atoms with van der Waals surface area (Å²) < 4.78 is 37.8. The first-order chi connectivity index (χ1) is 16.0. The first kappa shape index (κ1) is 21.2. The number of sulfonamides is 1. The average molecular weight is 468 g/mol. The van der Waals surface area contributed by atoms with E-state index < -0.39 is 15.9 Å². The molecule has 12 heteroatoms. The van der Waals surface area contributed by atoms with Gasteiger partial charge in [-0.05, 0) is 36.4 Å². The Morgan fingerprint density at radius 1 is 1.15 bits per heavy atom. The van der Waals surface area contributed by atoms with Crippen molar-refractivity contribution >= 4 is 43.9 Å². The first-order valence-corrected chi connectivity index (χ1v) is 11.6. The Morgan fingerprint density at radius 3 is 2.76 bits per heavy atom. The third-order valence-electron chi connectivity index (χ3n) is 5.35. The summed E-state index contributed by atoms with van der Waals surface area (Å²) in [4.78, 5) is 20.1. The normalized spacial score (nSPS) is 15.1. The number of anilines is 1. The lowest BCUT2D eigenvalue weighted by molar-refractivity contribution is 0.0730. The number of benzene rings is 2. The van der Waals surface area contributed by atoms with Crippen LogP contribution in [0.5, 0.6) is 5.75 Å². The third kappa shape index (κ3) is 3.99. The summed E-state index contributed by atoms with van der Waals surface area (Å²) in [7, 11) is -2.14. The molecule has 11 nitrogen and oxygen atoms in total. The third-order valence-corrected chi connectivity index (χ3v) is 7.25. The van der Waals surface area contributed by atoms with Crippen molar-refractivity contribution in [3.05, 3.63) is 48.0 Å². The largest absolute Gasteiger partial charge is 0.497 e. The lowest BCUT2D eigenvalue weighted by Crippen LogP contribution is -2.40. The zero-order chi connectivity index (χ0) is 23.0. The maximum atomic E-state index is 13.0. The highest BCUT2D eigenvalue weighted by Crippen LogP contribution is 2.27. The number of H-pyrrole nitrogens is 1. The highest BCUT2D eigenvalue weighted by Gasteiger charge is 2.27. The van der Waals surface area contributed by atoms with Gasteiger partial charge in [-0.15, -0.1) is 10.2 Å². The zero-order valence-corrected chi connectivity index (χ0v) is 18.4. The molecule has 2 N–H and O–H groups in total. The van der Waals surface area contributed by atoms with E-state index in [1.54, 1.807) is 42.5 Å². The molecule has 0 spiro atoms. The maximum absolute atomic E-state index is 13.0. The molecule has 2 aromatic carbocycles. The van der Waals surface area contributed by atoms with E-state index >= 15 is 0 Å². The topological polar surface area (TPSA) is 139 Å². The molecule has 170 valence electrons. The number of aromatic amines is 1. The molecule has 0 aliphatic carbocycles. The molecule has 5 rings (SSSR count). The number of aromatic nitrogens is 4. The van der Waals surface area contributed by atoms with Gasteiger partial charge in [-0.2, -0.15) is 9.29 Å². The molecule has 33 heavy (non-hydrogen) atoms. The van der Waals surface area contributed by atoms with Crippen LogP contribution in [0, 0.1) is 0 Å². The van der Waals surface area contributed by atoms with E-state index in [0.29, 0.717) is 59.7 Å². The fraction of sp³-hybridized carbons (Fsp3) is 0.238. The Hall–Kier alpha value is -3.61. The predicted octanol–water partition coefficient (Wildman–Crippen LogP) is 1.79. The Morgan fingerprint density at radius 2 is 1.97 bits per heavy atom. The van der Waals surface area contributed by atoms with Crippen LogP contribution in [0.25, 0.3) is 22.1 Å². The Balaban J connectivity index is 1.45. The fourth-order valence-electron chi connectivity index (χ4n) is 3.64. The number of carbonyl (C=O) groups is 1. The lowest BCUT2D eigenvalue weighted by atomic mass is 10.2. The van der Waals surface area contributed by atoms with Gasteiger partial charge in [0.25, 0.3) is 11.9 Å².